The van der Waals surface area contributed by atoms with Gasteiger partial charge in [-0.05, 0) is 53.5 Å². The first-order valence-corrected chi connectivity index (χ1v) is 10.6. The Morgan fingerprint density at radius 3 is 2.61 bits per heavy atom. The SMILES string of the molecule is COc1ccc(CC2(C)CN=CC=C2C2=CC(c3cccc(C(F)(F)F)c3)C=CC2=O)cc1. The van der Waals surface area contributed by atoms with Crippen molar-refractivity contribution in [2.75, 3.05) is 13.7 Å². The largest absolute Gasteiger partial charge is 0.497 e. The third-order valence-corrected chi connectivity index (χ3v) is 6.15. The Morgan fingerprint density at radius 1 is 1.15 bits per heavy atom. The topological polar surface area (TPSA) is 38.7 Å². The van der Waals surface area contributed by atoms with Crippen LogP contribution in [-0.4, -0.2) is 25.7 Å². The third-order valence-electron chi connectivity index (χ3n) is 6.15. The van der Waals surface area contributed by atoms with Gasteiger partial charge in [0, 0.05) is 29.7 Å². The Labute approximate surface area is 191 Å². The van der Waals surface area contributed by atoms with Crippen molar-refractivity contribution in [2.45, 2.75) is 25.4 Å². The molecule has 2 aromatic rings. The molecule has 0 saturated carbocycles. The lowest BCUT2D eigenvalue weighted by Crippen LogP contribution is -2.31. The fourth-order valence-corrected chi connectivity index (χ4v) is 4.38. The second-order valence-corrected chi connectivity index (χ2v) is 8.61. The number of aliphatic imine (C=N–C) groups is 1. The number of hydrogen-bond donors (Lipinski definition) is 0. The van der Waals surface area contributed by atoms with Crippen LogP contribution in [0.2, 0.25) is 0 Å². The van der Waals surface area contributed by atoms with E-state index in [2.05, 4.69) is 11.9 Å². The van der Waals surface area contributed by atoms with Gasteiger partial charge in [0.05, 0.1) is 12.7 Å². The molecular weight excluding hydrogens is 427 g/mol. The Kier molecular flexibility index (Phi) is 6.11. The van der Waals surface area contributed by atoms with Gasteiger partial charge >= 0.3 is 6.18 Å². The Hall–Kier alpha value is -3.41. The summed E-state index contributed by atoms with van der Waals surface area (Å²) >= 11 is 0. The minimum Gasteiger partial charge on any atom is -0.497 e. The van der Waals surface area contributed by atoms with E-state index in [1.165, 1.54) is 12.1 Å². The molecule has 4 rings (SSSR count). The molecule has 1 aliphatic carbocycles. The smallest absolute Gasteiger partial charge is 0.416 e. The summed E-state index contributed by atoms with van der Waals surface area (Å²) in [6, 6.07) is 13.0. The molecule has 0 bridgehead atoms. The van der Waals surface area contributed by atoms with Crippen molar-refractivity contribution < 1.29 is 22.7 Å². The zero-order chi connectivity index (χ0) is 23.6. The molecule has 2 aromatic carbocycles. The number of allylic oxidation sites excluding steroid dienone is 5. The van der Waals surface area contributed by atoms with E-state index in [4.69, 9.17) is 4.74 Å². The van der Waals surface area contributed by atoms with Gasteiger partial charge in [-0.25, -0.2) is 0 Å². The number of benzene rings is 2. The highest BCUT2D eigenvalue weighted by molar-refractivity contribution is 6.09. The van der Waals surface area contributed by atoms with E-state index in [9.17, 15) is 18.0 Å². The normalized spacial score (nSPS) is 22.7. The predicted molar refractivity (Wildman–Crippen MR) is 123 cm³/mol. The highest BCUT2D eigenvalue weighted by Gasteiger charge is 2.36. The molecule has 2 aliphatic rings. The summed E-state index contributed by atoms with van der Waals surface area (Å²) in [7, 11) is 1.61. The molecule has 0 amide bonds. The van der Waals surface area contributed by atoms with Gasteiger partial charge in [0.2, 0.25) is 0 Å². The number of halogens is 3. The van der Waals surface area contributed by atoms with E-state index >= 15 is 0 Å². The fraction of sp³-hybridized carbons (Fsp3) is 0.259. The lowest BCUT2D eigenvalue weighted by atomic mass is 9.70. The molecule has 2 unspecified atom stereocenters. The van der Waals surface area contributed by atoms with Crippen LogP contribution in [0.15, 0.2) is 89.0 Å². The van der Waals surface area contributed by atoms with Gasteiger partial charge in [-0.2, -0.15) is 13.2 Å². The van der Waals surface area contributed by atoms with E-state index in [-0.39, 0.29) is 5.78 Å². The van der Waals surface area contributed by atoms with Crippen molar-refractivity contribution in [3.8, 4) is 5.75 Å². The molecule has 33 heavy (non-hydrogen) atoms. The van der Waals surface area contributed by atoms with Crippen LogP contribution in [0.1, 0.15) is 29.5 Å². The van der Waals surface area contributed by atoms with Crippen molar-refractivity contribution in [1.82, 2.24) is 0 Å². The summed E-state index contributed by atoms with van der Waals surface area (Å²) in [6.45, 7) is 2.57. The predicted octanol–water partition coefficient (Wildman–Crippen LogP) is 6.12. The Bertz CT molecular complexity index is 1170. The van der Waals surface area contributed by atoms with Crippen LogP contribution in [0.3, 0.4) is 0 Å². The highest BCUT2D eigenvalue weighted by atomic mass is 19.4. The number of hydrogen-bond acceptors (Lipinski definition) is 3. The minimum absolute atomic E-state index is 0.152. The molecule has 0 saturated heterocycles. The van der Waals surface area contributed by atoms with Gasteiger partial charge < -0.3 is 4.74 Å². The van der Waals surface area contributed by atoms with Gasteiger partial charge in [-0.3, -0.25) is 9.79 Å². The first kappa shape index (κ1) is 22.8. The van der Waals surface area contributed by atoms with Crippen LogP contribution in [0.25, 0.3) is 0 Å². The molecule has 2 atom stereocenters. The van der Waals surface area contributed by atoms with Gasteiger partial charge in [-0.1, -0.05) is 49.4 Å². The number of rotatable bonds is 5. The number of ether oxygens (including phenoxy) is 1. The fourth-order valence-electron chi connectivity index (χ4n) is 4.38. The molecule has 0 aromatic heterocycles. The zero-order valence-corrected chi connectivity index (χ0v) is 18.4. The summed E-state index contributed by atoms with van der Waals surface area (Å²) in [5, 5.41) is 0. The summed E-state index contributed by atoms with van der Waals surface area (Å²) < 4.78 is 44.8. The third kappa shape index (κ3) is 4.85. The lowest BCUT2D eigenvalue weighted by molar-refractivity contribution is -0.137. The molecular formula is C27H24F3NO2. The van der Waals surface area contributed by atoms with Crippen LogP contribution < -0.4 is 4.74 Å². The van der Waals surface area contributed by atoms with E-state index in [0.717, 1.165) is 29.0 Å². The van der Waals surface area contributed by atoms with E-state index in [1.54, 1.807) is 31.5 Å². The van der Waals surface area contributed by atoms with Gasteiger partial charge in [0.1, 0.15) is 5.75 Å². The van der Waals surface area contributed by atoms with Crippen LogP contribution in [0.4, 0.5) is 13.2 Å². The maximum absolute atomic E-state index is 13.2. The Morgan fingerprint density at radius 2 is 1.91 bits per heavy atom. The van der Waals surface area contributed by atoms with E-state index in [1.807, 2.05) is 30.3 Å². The number of carbonyl (C=O) groups is 1. The van der Waals surface area contributed by atoms with Crippen molar-refractivity contribution in [1.29, 1.82) is 0 Å². The second kappa shape index (κ2) is 8.85. The monoisotopic (exact) mass is 451 g/mol. The summed E-state index contributed by atoms with van der Waals surface area (Å²) in [4.78, 5) is 17.3. The van der Waals surface area contributed by atoms with E-state index < -0.39 is 23.1 Å². The molecule has 1 heterocycles. The zero-order valence-electron chi connectivity index (χ0n) is 18.4. The van der Waals surface area contributed by atoms with Crippen molar-refractivity contribution in [3.63, 3.8) is 0 Å². The number of carbonyl (C=O) groups excluding carboxylic acids is 1. The number of ketones is 1. The number of methoxy groups -OCH3 is 1. The number of alkyl halides is 3. The molecule has 0 radical (unpaired) electrons. The quantitative estimate of drug-likeness (QED) is 0.549. The molecule has 1 aliphatic heterocycles. The number of dihydropyridines is 1. The second-order valence-electron chi connectivity index (χ2n) is 8.61. The average Bonchev–Trinajstić information content (AvgIpc) is 2.80. The van der Waals surface area contributed by atoms with Crippen molar-refractivity contribution >= 4 is 12.0 Å². The summed E-state index contributed by atoms with van der Waals surface area (Å²) in [5.74, 6) is 0.186. The molecule has 0 fully saturated rings. The molecule has 170 valence electrons. The highest BCUT2D eigenvalue weighted by Crippen LogP contribution is 2.41. The van der Waals surface area contributed by atoms with Crippen molar-refractivity contribution in [2.24, 2.45) is 10.4 Å². The molecule has 6 heteroatoms. The van der Waals surface area contributed by atoms with E-state index in [0.29, 0.717) is 24.1 Å². The summed E-state index contributed by atoms with van der Waals surface area (Å²) in [6.07, 6.45) is 4.66. The molecule has 0 spiro atoms. The maximum Gasteiger partial charge on any atom is 0.416 e. The average molecular weight is 451 g/mol. The first-order chi connectivity index (χ1) is 15.7. The van der Waals surface area contributed by atoms with Gasteiger partial charge in [0.25, 0.3) is 0 Å². The van der Waals surface area contributed by atoms with Crippen LogP contribution in [0, 0.1) is 5.41 Å². The minimum atomic E-state index is -4.42. The van der Waals surface area contributed by atoms with Crippen LogP contribution >= 0.6 is 0 Å². The standard InChI is InChI=1S/C27H24F3NO2/c1-26(16-18-6-9-22(33-2)10-7-18)17-31-13-12-24(26)23-15-20(8-11-25(23)32)19-4-3-5-21(14-19)27(28,29)30/h3-15,20H,16-17H2,1-2H3. The summed E-state index contributed by atoms with van der Waals surface area (Å²) in [5.41, 5.74) is 1.80. The first-order valence-electron chi connectivity index (χ1n) is 10.6. The van der Waals surface area contributed by atoms with Crippen LogP contribution in [0.5, 0.6) is 5.75 Å². The lowest BCUT2D eigenvalue weighted by Gasteiger charge is -2.35. The maximum atomic E-state index is 13.2. The number of nitrogens with zero attached hydrogens (tertiary/aromatic N) is 1. The Balaban J connectivity index is 1.67. The van der Waals surface area contributed by atoms with Crippen molar-refractivity contribution in [3.05, 3.63) is 101 Å². The van der Waals surface area contributed by atoms with Crippen LogP contribution in [-0.2, 0) is 17.4 Å². The molecule has 3 nitrogen and oxygen atoms in total. The van der Waals surface area contributed by atoms with Gasteiger partial charge in [0.15, 0.2) is 5.78 Å². The van der Waals surface area contributed by atoms with Gasteiger partial charge in [-0.15, -0.1) is 0 Å². The molecule has 0 N–H and O–H groups in total.